The van der Waals surface area contributed by atoms with Crippen molar-refractivity contribution < 1.29 is 24.1 Å². The number of nitrogens with one attached hydrogen (secondary N) is 1. The van der Waals surface area contributed by atoms with Gasteiger partial charge in [0.2, 0.25) is 5.71 Å². The predicted octanol–water partition coefficient (Wildman–Crippen LogP) is 3.37. The van der Waals surface area contributed by atoms with E-state index >= 15 is 0 Å². The van der Waals surface area contributed by atoms with Gasteiger partial charge in [-0.15, -0.1) is 0 Å². The molecule has 3 N–H and O–H groups in total. The summed E-state index contributed by atoms with van der Waals surface area (Å²) in [6.07, 6.45) is 13.2. The molecule has 0 bridgehead atoms. The monoisotopic (exact) mass is 686 g/mol. The number of hydrogen-bond donors (Lipinski definition) is 3. The number of aliphatic hydroxyl groups excluding tert-OH is 2. The molecule has 0 saturated carbocycles. The minimum atomic E-state index is -0.478. The fourth-order valence-electron chi connectivity index (χ4n) is 5.11. The van der Waals surface area contributed by atoms with Gasteiger partial charge in [-0.1, -0.05) is 39.0 Å². The van der Waals surface area contributed by atoms with Gasteiger partial charge in [0.25, 0.3) is 5.56 Å². The number of aryl methyl sites for hydroxylation is 1. The summed E-state index contributed by atoms with van der Waals surface area (Å²) in [5.74, 6) is 0.885. The fraction of sp³-hybridized carbons (Fsp3) is 0.643. The van der Waals surface area contributed by atoms with Crippen molar-refractivity contribution in [3.63, 3.8) is 0 Å². The van der Waals surface area contributed by atoms with Crippen LogP contribution in [0.2, 0.25) is 0 Å². The summed E-state index contributed by atoms with van der Waals surface area (Å²) in [5.41, 5.74) is -0.831. The van der Waals surface area contributed by atoms with Gasteiger partial charge >= 0.3 is 11.4 Å². The Balaban J connectivity index is 0.000000208. The molecule has 0 aromatic carbocycles. The van der Waals surface area contributed by atoms with Crippen LogP contribution < -0.4 is 16.9 Å². The Morgan fingerprint density at radius 2 is 1.56 bits per heavy atom. The van der Waals surface area contributed by atoms with Crippen LogP contribution in [0.5, 0.6) is 0 Å². The van der Waals surface area contributed by atoms with E-state index in [1.54, 1.807) is 6.20 Å². The summed E-state index contributed by atoms with van der Waals surface area (Å²) in [6, 6.07) is 1.97. The number of furan rings is 1. The van der Waals surface area contributed by atoms with Gasteiger partial charge < -0.3 is 24.1 Å². The number of aromatic nitrogens is 4. The van der Waals surface area contributed by atoms with Crippen molar-refractivity contribution in [1.29, 1.82) is 0 Å². The van der Waals surface area contributed by atoms with Crippen LogP contribution in [0.1, 0.15) is 89.3 Å². The normalized spacial score (nSPS) is 22.2. The zero-order valence-electron chi connectivity index (χ0n) is 23.3. The average Bonchev–Trinajstić information content (AvgIpc) is 3.72. The molecule has 226 valence electrons. The molecule has 2 aliphatic heterocycles. The maximum atomic E-state index is 12.2. The first-order chi connectivity index (χ1) is 19.8. The minimum Gasteiger partial charge on any atom is -0.443 e. The number of hydrogen-bond acceptors (Lipinski definition) is 9. The Labute approximate surface area is 250 Å². The number of H-pyrrole nitrogens is 1. The predicted molar refractivity (Wildman–Crippen MR) is 160 cm³/mol. The van der Waals surface area contributed by atoms with Crippen LogP contribution in [0, 0.1) is 3.57 Å². The molecule has 0 unspecified atom stereocenters. The Hall–Kier alpha value is -2.33. The molecular formula is C28H39IN4O8. The fourth-order valence-corrected chi connectivity index (χ4v) is 5.55. The molecular weight excluding hydrogens is 647 g/mol. The van der Waals surface area contributed by atoms with E-state index in [4.69, 9.17) is 19.0 Å². The van der Waals surface area contributed by atoms with Gasteiger partial charge in [-0.05, 0) is 60.8 Å². The second kappa shape index (κ2) is 15.2. The lowest BCUT2D eigenvalue weighted by Crippen LogP contribution is -2.33. The lowest BCUT2D eigenvalue weighted by molar-refractivity contribution is -0.0247. The first kappa shape index (κ1) is 31.6. The summed E-state index contributed by atoms with van der Waals surface area (Å²) in [7, 11) is 0. The first-order valence-corrected chi connectivity index (χ1v) is 15.5. The van der Waals surface area contributed by atoms with E-state index in [0.717, 1.165) is 30.4 Å². The number of unbranched alkanes of at least 4 members (excludes halogenated alkanes) is 5. The van der Waals surface area contributed by atoms with Crippen LogP contribution in [-0.2, 0) is 15.9 Å². The van der Waals surface area contributed by atoms with Crippen LogP contribution in [0.4, 0.5) is 0 Å². The minimum absolute atomic E-state index is 0.0188. The van der Waals surface area contributed by atoms with E-state index < -0.39 is 17.5 Å². The van der Waals surface area contributed by atoms with E-state index in [9.17, 15) is 19.5 Å². The highest BCUT2D eigenvalue weighted by Gasteiger charge is 2.28. The summed E-state index contributed by atoms with van der Waals surface area (Å²) in [4.78, 5) is 41.2. The van der Waals surface area contributed by atoms with E-state index in [-0.39, 0.29) is 37.3 Å². The molecule has 4 atom stereocenters. The summed E-state index contributed by atoms with van der Waals surface area (Å²) < 4.78 is 20.2. The number of aliphatic hydroxyl groups is 2. The molecule has 2 aliphatic rings. The molecule has 41 heavy (non-hydrogen) atoms. The highest BCUT2D eigenvalue weighted by atomic mass is 127. The molecule has 3 aromatic rings. The highest BCUT2D eigenvalue weighted by Crippen LogP contribution is 2.28. The maximum Gasteiger partial charge on any atom is 0.353 e. The van der Waals surface area contributed by atoms with Gasteiger partial charge in [0.1, 0.15) is 18.2 Å². The van der Waals surface area contributed by atoms with E-state index in [0.29, 0.717) is 28.5 Å². The Morgan fingerprint density at radius 1 is 0.927 bits per heavy atom. The Bertz CT molecular complexity index is 1450. The molecule has 0 spiro atoms. The molecule has 0 aliphatic carbocycles. The zero-order chi connectivity index (χ0) is 29.4. The summed E-state index contributed by atoms with van der Waals surface area (Å²) >= 11 is 1.86. The number of ether oxygens (including phenoxy) is 2. The Kier molecular flexibility index (Phi) is 11.7. The van der Waals surface area contributed by atoms with Crippen molar-refractivity contribution >= 4 is 33.7 Å². The smallest absolute Gasteiger partial charge is 0.353 e. The van der Waals surface area contributed by atoms with Crippen LogP contribution in [-0.4, -0.2) is 54.7 Å². The average molecular weight is 687 g/mol. The lowest BCUT2D eigenvalue weighted by atomic mass is 10.1. The third-order valence-corrected chi connectivity index (χ3v) is 8.15. The van der Waals surface area contributed by atoms with Crippen LogP contribution >= 0.6 is 22.6 Å². The van der Waals surface area contributed by atoms with Crippen molar-refractivity contribution in [2.45, 2.75) is 102 Å². The molecule has 13 heteroatoms. The van der Waals surface area contributed by atoms with Gasteiger partial charge in [-0.3, -0.25) is 18.9 Å². The third kappa shape index (κ3) is 8.37. The molecule has 2 fully saturated rings. The number of nitrogens with zero attached hydrogens (tertiary/aromatic N) is 3. The number of halogens is 1. The van der Waals surface area contributed by atoms with E-state index in [1.165, 1.54) is 47.4 Å². The third-order valence-electron chi connectivity index (χ3n) is 7.39. The summed E-state index contributed by atoms with van der Waals surface area (Å²) in [6.45, 7) is 2.15. The SMILES string of the molecule is CCCCCCCCc1cc2cn([C@@H]3CC[C@H](CO)O3)c(=O)nc2o1.O=c1[nH]c(=O)n([C@@H]2CC[C@H](CO)O2)cc1I. The molecule has 0 radical (unpaired) electrons. The first-order valence-electron chi connectivity index (χ1n) is 14.4. The van der Waals surface area contributed by atoms with Crippen molar-refractivity contribution in [1.82, 2.24) is 19.1 Å². The molecule has 5 heterocycles. The molecule has 12 nitrogen and oxygen atoms in total. The van der Waals surface area contributed by atoms with E-state index in [1.807, 2.05) is 28.7 Å². The number of fused-ring (bicyclic) bond motifs is 1. The topological polar surface area (TPSA) is 162 Å². The quantitative estimate of drug-likeness (QED) is 0.203. The number of rotatable bonds is 11. The van der Waals surface area contributed by atoms with Gasteiger partial charge in [0, 0.05) is 18.8 Å². The van der Waals surface area contributed by atoms with Crippen molar-refractivity contribution in [3.8, 4) is 0 Å². The maximum absolute atomic E-state index is 12.2. The van der Waals surface area contributed by atoms with Crippen LogP contribution in [0.15, 0.2) is 37.3 Å². The Morgan fingerprint density at radius 3 is 2.20 bits per heavy atom. The second-order valence-electron chi connectivity index (χ2n) is 10.5. The van der Waals surface area contributed by atoms with Crippen molar-refractivity contribution in [2.75, 3.05) is 13.2 Å². The summed E-state index contributed by atoms with van der Waals surface area (Å²) in [5, 5.41) is 18.9. The van der Waals surface area contributed by atoms with Crippen LogP contribution in [0.3, 0.4) is 0 Å². The number of aromatic amines is 1. The highest BCUT2D eigenvalue weighted by molar-refractivity contribution is 14.1. The van der Waals surface area contributed by atoms with Gasteiger partial charge in [0.15, 0.2) is 0 Å². The van der Waals surface area contributed by atoms with Gasteiger partial charge in [-0.25, -0.2) is 9.59 Å². The largest absolute Gasteiger partial charge is 0.443 e. The molecule has 3 aromatic heterocycles. The van der Waals surface area contributed by atoms with Crippen molar-refractivity contribution in [2.24, 2.45) is 0 Å². The molecule has 5 rings (SSSR count). The van der Waals surface area contributed by atoms with Crippen LogP contribution in [0.25, 0.3) is 11.1 Å². The standard InChI is InChI=1S/C19H28N2O4.C9H11IN2O4/c1-2-3-4-5-6-7-8-15-11-14-12-21(19(23)20-18(14)25-15)17-10-9-16(13-22)24-17;10-6-3-12(9(15)11-8(6)14)7-2-1-5(4-13)16-7/h11-12,16-17,22H,2-10,13H2,1H3;3,5,7,13H,1-2,4H2,(H,11,14,15)/t16-,17+;5-,7+/m11/s1. The van der Waals surface area contributed by atoms with Gasteiger partial charge in [0.05, 0.1) is 34.4 Å². The van der Waals surface area contributed by atoms with Crippen molar-refractivity contribution in [3.05, 3.63) is 59.1 Å². The molecule has 0 amide bonds. The second-order valence-corrected chi connectivity index (χ2v) is 11.7. The molecule has 2 saturated heterocycles. The van der Waals surface area contributed by atoms with E-state index in [2.05, 4.69) is 16.9 Å². The van der Waals surface area contributed by atoms with Gasteiger partial charge in [-0.2, -0.15) is 4.98 Å². The zero-order valence-corrected chi connectivity index (χ0v) is 25.5. The lowest BCUT2D eigenvalue weighted by Gasteiger charge is -2.14.